The van der Waals surface area contributed by atoms with Crippen molar-refractivity contribution < 1.29 is 14.3 Å². The Morgan fingerprint density at radius 2 is 2.31 bits per heavy atom. The summed E-state index contributed by atoms with van der Waals surface area (Å²) in [5.74, 6) is 0.400. The standard InChI is InChI=1S/C12H15NO3/c1-2-15-11(14)12(13)7-9-5-3-4-6-10(9)16-8-12/h3-6H,2,7-8,13H2,1H3. The first-order valence-electron chi connectivity index (χ1n) is 5.32. The third kappa shape index (κ3) is 1.88. The lowest BCUT2D eigenvalue weighted by atomic mass is 9.90. The lowest BCUT2D eigenvalue weighted by Gasteiger charge is -2.32. The number of benzene rings is 1. The van der Waals surface area contributed by atoms with Gasteiger partial charge in [-0.2, -0.15) is 0 Å². The fraction of sp³-hybridized carbons (Fsp3) is 0.417. The second-order valence-corrected chi connectivity index (χ2v) is 3.95. The summed E-state index contributed by atoms with van der Waals surface area (Å²) in [5, 5.41) is 0. The Labute approximate surface area is 94.3 Å². The van der Waals surface area contributed by atoms with Crippen LogP contribution in [0.3, 0.4) is 0 Å². The summed E-state index contributed by atoms with van der Waals surface area (Å²) in [5.41, 5.74) is 5.90. The van der Waals surface area contributed by atoms with Crippen LogP contribution in [0.15, 0.2) is 24.3 Å². The minimum absolute atomic E-state index is 0.169. The first-order valence-corrected chi connectivity index (χ1v) is 5.32. The lowest BCUT2D eigenvalue weighted by molar-refractivity contribution is -0.151. The summed E-state index contributed by atoms with van der Waals surface area (Å²) in [6.45, 7) is 2.27. The second-order valence-electron chi connectivity index (χ2n) is 3.95. The molecule has 4 nitrogen and oxygen atoms in total. The topological polar surface area (TPSA) is 61.5 Å². The van der Waals surface area contributed by atoms with E-state index < -0.39 is 11.5 Å². The Kier molecular flexibility index (Phi) is 2.83. The van der Waals surface area contributed by atoms with Gasteiger partial charge in [-0.25, -0.2) is 4.79 Å². The van der Waals surface area contributed by atoms with Crippen molar-refractivity contribution in [2.24, 2.45) is 5.73 Å². The predicted octanol–water partition coefficient (Wildman–Crippen LogP) is 0.882. The van der Waals surface area contributed by atoms with Gasteiger partial charge in [0, 0.05) is 6.42 Å². The van der Waals surface area contributed by atoms with E-state index in [1.165, 1.54) is 0 Å². The van der Waals surface area contributed by atoms with Crippen molar-refractivity contribution in [2.45, 2.75) is 18.9 Å². The van der Waals surface area contributed by atoms with Crippen LogP contribution < -0.4 is 10.5 Å². The van der Waals surface area contributed by atoms with Gasteiger partial charge in [0.15, 0.2) is 5.54 Å². The largest absolute Gasteiger partial charge is 0.491 e. The molecular formula is C12H15NO3. The summed E-state index contributed by atoms with van der Waals surface area (Å²) in [6.07, 6.45) is 0.460. The third-order valence-electron chi connectivity index (χ3n) is 2.65. The van der Waals surface area contributed by atoms with Gasteiger partial charge >= 0.3 is 5.97 Å². The highest BCUT2D eigenvalue weighted by Gasteiger charge is 2.40. The van der Waals surface area contributed by atoms with Crippen molar-refractivity contribution in [1.82, 2.24) is 0 Å². The maximum absolute atomic E-state index is 11.7. The Bertz CT molecular complexity index is 405. The lowest BCUT2D eigenvalue weighted by Crippen LogP contribution is -2.57. The molecule has 0 bridgehead atoms. The molecule has 0 amide bonds. The van der Waals surface area contributed by atoms with E-state index in [9.17, 15) is 4.79 Å². The van der Waals surface area contributed by atoms with Crippen LogP contribution >= 0.6 is 0 Å². The van der Waals surface area contributed by atoms with Crippen molar-refractivity contribution >= 4 is 5.97 Å². The van der Waals surface area contributed by atoms with Gasteiger partial charge in [-0.15, -0.1) is 0 Å². The smallest absolute Gasteiger partial charge is 0.330 e. The fourth-order valence-electron chi connectivity index (χ4n) is 1.79. The third-order valence-corrected chi connectivity index (χ3v) is 2.65. The molecule has 0 saturated heterocycles. The molecule has 1 aliphatic heterocycles. The summed E-state index contributed by atoms with van der Waals surface area (Å²) in [4.78, 5) is 11.7. The zero-order valence-electron chi connectivity index (χ0n) is 9.23. The molecule has 1 heterocycles. The van der Waals surface area contributed by atoms with Crippen molar-refractivity contribution in [2.75, 3.05) is 13.2 Å². The molecule has 1 atom stereocenters. The van der Waals surface area contributed by atoms with Gasteiger partial charge in [-0.1, -0.05) is 18.2 Å². The van der Waals surface area contributed by atoms with Gasteiger partial charge in [0.05, 0.1) is 6.61 Å². The molecule has 0 aromatic heterocycles. The molecule has 0 spiro atoms. The molecule has 0 radical (unpaired) electrons. The number of carbonyl (C=O) groups is 1. The van der Waals surface area contributed by atoms with Crippen LogP contribution in [0.5, 0.6) is 5.75 Å². The van der Waals surface area contributed by atoms with E-state index in [4.69, 9.17) is 15.2 Å². The van der Waals surface area contributed by atoms with E-state index in [-0.39, 0.29) is 6.61 Å². The molecular weight excluding hydrogens is 206 g/mol. The minimum atomic E-state index is -1.05. The Morgan fingerprint density at radius 1 is 1.56 bits per heavy atom. The van der Waals surface area contributed by atoms with Crippen LogP contribution in [0.4, 0.5) is 0 Å². The van der Waals surface area contributed by atoms with E-state index in [0.717, 1.165) is 11.3 Å². The number of carbonyl (C=O) groups excluding carboxylic acids is 1. The fourth-order valence-corrected chi connectivity index (χ4v) is 1.79. The Balaban J connectivity index is 2.21. The number of nitrogens with two attached hydrogens (primary N) is 1. The Morgan fingerprint density at radius 3 is 3.06 bits per heavy atom. The molecule has 16 heavy (non-hydrogen) atoms. The average molecular weight is 221 g/mol. The van der Waals surface area contributed by atoms with Crippen LogP contribution in [-0.2, 0) is 16.0 Å². The number of hydrogen-bond acceptors (Lipinski definition) is 4. The molecule has 2 N–H and O–H groups in total. The Hall–Kier alpha value is -1.55. The van der Waals surface area contributed by atoms with Gasteiger partial charge in [0.25, 0.3) is 0 Å². The summed E-state index contributed by atoms with van der Waals surface area (Å²) in [6, 6.07) is 7.58. The quantitative estimate of drug-likeness (QED) is 0.753. The zero-order chi connectivity index (χ0) is 11.6. The van der Waals surface area contributed by atoms with Crippen LogP contribution in [0.25, 0.3) is 0 Å². The van der Waals surface area contributed by atoms with Crippen LogP contribution in [0.1, 0.15) is 12.5 Å². The van der Waals surface area contributed by atoms with Gasteiger partial charge in [-0.05, 0) is 18.6 Å². The molecule has 0 saturated carbocycles. The van der Waals surface area contributed by atoms with Crippen molar-refractivity contribution in [1.29, 1.82) is 0 Å². The van der Waals surface area contributed by atoms with Crippen LogP contribution in [0, 0.1) is 0 Å². The first-order chi connectivity index (χ1) is 7.65. The maximum atomic E-state index is 11.7. The maximum Gasteiger partial charge on any atom is 0.330 e. The van der Waals surface area contributed by atoms with Crippen molar-refractivity contribution in [3.63, 3.8) is 0 Å². The van der Waals surface area contributed by atoms with Crippen LogP contribution in [-0.4, -0.2) is 24.7 Å². The van der Waals surface area contributed by atoms with Gasteiger partial charge in [0.1, 0.15) is 12.4 Å². The highest BCUT2D eigenvalue weighted by atomic mass is 16.5. The summed E-state index contributed by atoms with van der Waals surface area (Å²) >= 11 is 0. The monoisotopic (exact) mass is 221 g/mol. The van der Waals surface area contributed by atoms with E-state index in [1.54, 1.807) is 6.92 Å². The molecule has 1 unspecified atom stereocenters. The highest BCUT2D eigenvalue weighted by Crippen LogP contribution is 2.28. The van der Waals surface area contributed by atoms with E-state index >= 15 is 0 Å². The molecule has 0 aliphatic carbocycles. The van der Waals surface area contributed by atoms with Gasteiger partial charge < -0.3 is 15.2 Å². The van der Waals surface area contributed by atoms with Crippen molar-refractivity contribution in [3.8, 4) is 5.75 Å². The van der Waals surface area contributed by atoms with E-state index in [2.05, 4.69) is 0 Å². The molecule has 1 aromatic carbocycles. The molecule has 1 aromatic rings. The summed E-state index contributed by atoms with van der Waals surface area (Å²) < 4.78 is 10.4. The molecule has 2 rings (SSSR count). The van der Waals surface area contributed by atoms with E-state index in [1.807, 2.05) is 24.3 Å². The normalized spacial score (nSPS) is 23.1. The van der Waals surface area contributed by atoms with Crippen molar-refractivity contribution in [3.05, 3.63) is 29.8 Å². The van der Waals surface area contributed by atoms with Crippen LogP contribution in [0.2, 0.25) is 0 Å². The predicted molar refractivity (Wildman–Crippen MR) is 59.2 cm³/mol. The average Bonchev–Trinajstić information content (AvgIpc) is 2.29. The number of para-hydroxylation sites is 1. The van der Waals surface area contributed by atoms with E-state index in [0.29, 0.717) is 13.0 Å². The number of fused-ring (bicyclic) bond motifs is 1. The summed E-state index contributed by atoms with van der Waals surface area (Å²) in [7, 11) is 0. The minimum Gasteiger partial charge on any atom is -0.491 e. The molecule has 0 fully saturated rings. The zero-order valence-corrected chi connectivity index (χ0v) is 9.23. The SMILES string of the molecule is CCOC(=O)C1(N)COc2ccccc2C1. The number of rotatable bonds is 2. The van der Waals surface area contributed by atoms with Gasteiger partial charge in [-0.3, -0.25) is 0 Å². The number of ether oxygens (including phenoxy) is 2. The molecule has 4 heteroatoms. The molecule has 1 aliphatic rings. The number of hydrogen-bond donors (Lipinski definition) is 1. The second kappa shape index (κ2) is 4.14. The van der Waals surface area contributed by atoms with Gasteiger partial charge in [0.2, 0.25) is 0 Å². The highest BCUT2D eigenvalue weighted by molar-refractivity contribution is 5.81. The first kappa shape index (κ1) is 11.0. The number of esters is 1. The molecule has 86 valence electrons.